The summed E-state index contributed by atoms with van der Waals surface area (Å²) >= 11 is 11.9. The predicted molar refractivity (Wildman–Crippen MR) is 77.3 cm³/mol. The number of amides is 1. The average molecular weight is 325 g/mol. The van der Waals surface area contributed by atoms with Gasteiger partial charge >= 0.3 is 0 Å². The molecule has 0 radical (unpaired) electrons. The van der Waals surface area contributed by atoms with Gasteiger partial charge in [0.2, 0.25) is 15.9 Å². The van der Waals surface area contributed by atoms with Crippen LogP contribution >= 0.6 is 23.2 Å². The van der Waals surface area contributed by atoms with Crippen molar-refractivity contribution in [3.63, 3.8) is 0 Å². The van der Waals surface area contributed by atoms with E-state index in [0.29, 0.717) is 15.7 Å². The lowest BCUT2D eigenvalue weighted by molar-refractivity contribution is -0.116. The molecule has 0 aliphatic rings. The zero-order chi connectivity index (χ0) is 14.6. The zero-order valence-corrected chi connectivity index (χ0v) is 12.8. The highest BCUT2D eigenvalue weighted by Crippen LogP contribution is 2.28. The third-order valence-electron chi connectivity index (χ3n) is 2.28. The molecule has 1 rings (SSSR count). The lowest BCUT2D eigenvalue weighted by atomic mass is 10.2. The van der Waals surface area contributed by atoms with Crippen molar-refractivity contribution in [1.82, 2.24) is 4.72 Å². The fourth-order valence-corrected chi connectivity index (χ4v) is 2.33. The third-order valence-corrected chi connectivity index (χ3v) is 3.56. The van der Waals surface area contributed by atoms with E-state index < -0.39 is 10.0 Å². The molecule has 0 bridgehead atoms. The Hall–Kier alpha value is -0.820. The van der Waals surface area contributed by atoms with Gasteiger partial charge in [-0.25, -0.2) is 13.1 Å². The number of anilines is 1. The van der Waals surface area contributed by atoms with Crippen LogP contribution < -0.4 is 9.62 Å². The van der Waals surface area contributed by atoms with Crippen molar-refractivity contribution in [3.05, 3.63) is 28.2 Å². The van der Waals surface area contributed by atoms with Gasteiger partial charge in [0, 0.05) is 25.0 Å². The van der Waals surface area contributed by atoms with Crippen molar-refractivity contribution in [2.75, 3.05) is 24.2 Å². The highest BCUT2D eigenvalue weighted by Gasteiger charge is 2.15. The molecular formula is C11H14Cl2N2O3S. The Balaban J connectivity index is 2.89. The Morgan fingerprint density at radius 3 is 2.53 bits per heavy atom. The van der Waals surface area contributed by atoms with Crippen LogP contribution in [0.4, 0.5) is 5.69 Å². The zero-order valence-electron chi connectivity index (χ0n) is 10.5. The summed E-state index contributed by atoms with van der Waals surface area (Å²) in [6, 6.07) is 4.76. The largest absolute Gasteiger partial charge is 0.310 e. The third kappa shape index (κ3) is 5.36. The van der Waals surface area contributed by atoms with Crippen molar-refractivity contribution in [2.45, 2.75) is 6.92 Å². The van der Waals surface area contributed by atoms with Crippen LogP contribution in [0.1, 0.15) is 6.92 Å². The van der Waals surface area contributed by atoms with Crippen LogP contribution in [0.15, 0.2) is 18.2 Å². The molecule has 0 heterocycles. The van der Waals surface area contributed by atoms with Gasteiger partial charge in [0.05, 0.1) is 17.0 Å². The fraction of sp³-hybridized carbons (Fsp3) is 0.364. The molecule has 0 aromatic heterocycles. The van der Waals surface area contributed by atoms with Gasteiger partial charge in [-0.3, -0.25) is 4.79 Å². The number of halogens is 2. The highest BCUT2D eigenvalue weighted by atomic mass is 35.5. The van der Waals surface area contributed by atoms with E-state index in [9.17, 15) is 13.2 Å². The van der Waals surface area contributed by atoms with Crippen molar-refractivity contribution in [3.8, 4) is 0 Å². The number of hydrogen-bond acceptors (Lipinski definition) is 3. The molecule has 0 saturated heterocycles. The molecule has 1 amide bonds. The second-order valence-corrected chi connectivity index (χ2v) is 6.61. The first-order valence-corrected chi connectivity index (χ1v) is 8.03. The Labute approximate surface area is 122 Å². The van der Waals surface area contributed by atoms with Gasteiger partial charge in [0.15, 0.2) is 0 Å². The van der Waals surface area contributed by atoms with E-state index in [2.05, 4.69) is 4.72 Å². The summed E-state index contributed by atoms with van der Waals surface area (Å²) in [5.74, 6) is -0.250. The van der Waals surface area contributed by atoms with Crippen LogP contribution in [-0.4, -0.2) is 33.7 Å². The molecule has 5 nitrogen and oxygen atoms in total. The lowest BCUT2D eigenvalue weighted by Crippen LogP contribution is -2.37. The number of benzene rings is 1. The maximum atomic E-state index is 11.6. The first kappa shape index (κ1) is 16.2. The normalized spacial score (nSPS) is 11.4. The molecule has 0 spiro atoms. The van der Waals surface area contributed by atoms with Crippen LogP contribution in [-0.2, 0) is 14.8 Å². The van der Waals surface area contributed by atoms with Gasteiger partial charge in [-0.2, -0.15) is 0 Å². The molecule has 106 valence electrons. The molecule has 0 aliphatic heterocycles. The van der Waals surface area contributed by atoms with Crippen molar-refractivity contribution in [2.24, 2.45) is 0 Å². The Morgan fingerprint density at radius 2 is 2.00 bits per heavy atom. The van der Waals surface area contributed by atoms with E-state index in [-0.39, 0.29) is 19.0 Å². The molecule has 0 saturated carbocycles. The Bertz CT molecular complexity index is 575. The number of rotatable bonds is 5. The molecule has 1 aromatic rings. The van der Waals surface area contributed by atoms with Crippen LogP contribution in [0.5, 0.6) is 0 Å². The van der Waals surface area contributed by atoms with Gasteiger partial charge in [0.25, 0.3) is 0 Å². The summed E-state index contributed by atoms with van der Waals surface area (Å²) in [5, 5.41) is 0.820. The van der Waals surface area contributed by atoms with E-state index in [4.69, 9.17) is 23.2 Å². The molecule has 0 unspecified atom stereocenters. The molecule has 1 aromatic carbocycles. The van der Waals surface area contributed by atoms with Gasteiger partial charge < -0.3 is 4.90 Å². The Morgan fingerprint density at radius 1 is 1.37 bits per heavy atom. The minimum atomic E-state index is -3.29. The van der Waals surface area contributed by atoms with E-state index in [1.165, 1.54) is 11.8 Å². The highest BCUT2D eigenvalue weighted by molar-refractivity contribution is 7.88. The SMILES string of the molecule is CC(=O)N(CCNS(C)(=O)=O)c1cc(Cl)ccc1Cl. The van der Waals surface area contributed by atoms with Crippen LogP contribution in [0.3, 0.4) is 0 Å². The maximum absolute atomic E-state index is 11.6. The second kappa shape index (κ2) is 6.56. The topological polar surface area (TPSA) is 66.5 Å². The van der Waals surface area contributed by atoms with Crippen LogP contribution in [0.2, 0.25) is 10.0 Å². The first-order chi connectivity index (χ1) is 8.70. The smallest absolute Gasteiger partial charge is 0.223 e. The van der Waals surface area contributed by atoms with Gasteiger partial charge in [0.1, 0.15) is 0 Å². The Kier molecular flexibility index (Phi) is 5.61. The number of carbonyl (C=O) groups is 1. The monoisotopic (exact) mass is 324 g/mol. The lowest BCUT2D eigenvalue weighted by Gasteiger charge is -2.22. The van der Waals surface area contributed by atoms with Gasteiger partial charge in [-0.15, -0.1) is 0 Å². The predicted octanol–water partition coefficient (Wildman–Crippen LogP) is 1.90. The minimum absolute atomic E-state index is 0.0985. The summed E-state index contributed by atoms with van der Waals surface area (Å²) < 4.78 is 24.3. The standard InChI is InChI=1S/C11H14Cl2N2O3S/c1-8(16)15(6-5-14-19(2,17)18)11-7-9(12)3-4-10(11)13/h3-4,7,14H,5-6H2,1-2H3. The summed E-state index contributed by atoms with van der Waals surface area (Å²) in [5.41, 5.74) is 0.456. The van der Waals surface area contributed by atoms with E-state index in [0.717, 1.165) is 6.26 Å². The molecule has 0 aliphatic carbocycles. The number of nitrogens with zero attached hydrogens (tertiary/aromatic N) is 1. The summed E-state index contributed by atoms with van der Waals surface area (Å²) in [6.45, 7) is 1.64. The van der Waals surface area contributed by atoms with E-state index in [1.54, 1.807) is 18.2 Å². The molecule has 1 N–H and O–H groups in total. The first-order valence-electron chi connectivity index (χ1n) is 5.38. The molecule has 8 heteroatoms. The van der Waals surface area contributed by atoms with Crippen molar-refractivity contribution in [1.29, 1.82) is 0 Å². The maximum Gasteiger partial charge on any atom is 0.223 e. The quantitative estimate of drug-likeness (QED) is 0.899. The summed E-state index contributed by atoms with van der Waals surface area (Å²) in [6.07, 6.45) is 1.05. The summed E-state index contributed by atoms with van der Waals surface area (Å²) in [4.78, 5) is 13.0. The molecular weight excluding hydrogens is 311 g/mol. The number of sulfonamides is 1. The number of hydrogen-bond donors (Lipinski definition) is 1. The fourth-order valence-electron chi connectivity index (χ4n) is 1.48. The molecule has 0 atom stereocenters. The van der Waals surface area contributed by atoms with Crippen molar-refractivity contribution >= 4 is 44.8 Å². The van der Waals surface area contributed by atoms with Crippen LogP contribution in [0.25, 0.3) is 0 Å². The second-order valence-electron chi connectivity index (χ2n) is 3.93. The molecule has 0 fully saturated rings. The van der Waals surface area contributed by atoms with Crippen LogP contribution in [0, 0.1) is 0 Å². The minimum Gasteiger partial charge on any atom is -0.310 e. The van der Waals surface area contributed by atoms with E-state index in [1.807, 2.05) is 0 Å². The average Bonchev–Trinajstić information content (AvgIpc) is 2.26. The van der Waals surface area contributed by atoms with Gasteiger partial charge in [-0.05, 0) is 18.2 Å². The molecule has 19 heavy (non-hydrogen) atoms. The van der Waals surface area contributed by atoms with Gasteiger partial charge in [-0.1, -0.05) is 23.2 Å². The number of nitrogens with one attached hydrogen (secondary N) is 1. The van der Waals surface area contributed by atoms with E-state index >= 15 is 0 Å². The van der Waals surface area contributed by atoms with Crippen molar-refractivity contribution < 1.29 is 13.2 Å². The number of carbonyl (C=O) groups excluding carboxylic acids is 1. The summed E-state index contributed by atoms with van der Waals surface area (Å²) in [7, 11) is -3.29.